The maximum absolute atomic E-state index is 13.0. The molecule has 2 aliphatic rings. The van der Waals surface area contributed by atoms with Gasteiger partial charge < -0.3 is 0 Å². The summed E-state index contributed by atoms with van der Waals surface area (Å²) in [7, 11) is 1.65. The molecule has 0 bridgehead atoms. The molecule has 0 saturated carbocycles. The standard InChI is InChI=1S/C18H25N6O2/c1-6-10-23-16(25)14-15(21(5)18(23)26)19-17(22(14)9-4)24-13(8-3)11-12(7-2)20-24/h6,11,14H,1,7-10H2,2-5H3/q+1. The number of hydrogen-bond acceptors (Lipinski definition) is 4. The van der Waals surface area contributed by atoms with Crippen LogP contribution in [-0.2, 0) is 17.6 Å². The summed E-state index contributed by atoms with van der Waals surface area (Å²) in [5.74, 6) is 0.773. The van der Waals surface area contributed by atoms with Crippen molar-refractivity contribution in [3.8, 4) is 0 Å². The topological polar surface area (TPSA) is 73.8 Å². The van der Waals surface area contributed by atoms with Gasteiger partial charge in [0.25, 0.3) is 5.91 Å². The molecule has 3 amide bonds. The molecule has 1 saturated heterocycles. The van der Waals surface area contributed by atoms with Crippen molar-refractivity contribution in [2.45, 2.75) is 39.7 Å². The average Bonchev–Trinajstić information content (AvgIpc) is 3.23. The summed E-state index contributed by atoms with van der Waals surface area (Å²) < 4.78 is 3.71. The maximum atomic E-state index is 13.0. The van der Waals surface area contributed by atoms with Crippen LogP contribution in [0.15, 0.2) is 23.7 Å². The summed E-state index contributed by atoms with van der Waals surface area (Å²) >= 11 is 0. The van der Waals surface area contributed by atoms with Crippen molar-refractivity contribution in [2.24, 2.45) is 4.99 Å². The van der Waals surface area contributed by atoms with Crippen LogP contribution in [0.3, 0.4) is 0 Å². The number of rotatable bonds is 5. The molecule has 0 aromatic carbocycles. The van der Waals surface area contributed by atoms with Gasteiger partial charge in [-0.2, -0.15) is 0 Å². The van der Waals surface area contributed by atoms with E-state index in [0.29, 0.717) is 18.3 Å². The van der Waals surface area contributed by atoms with Crippen LogP contribution in [-0.4, -0.2) is 74.1 Å². The Labute approximate surface area is 153 Å². The number of amides is 3. The van der Waals surface area contributed by atoms with E-state index in [0.717, 1.165) is 24.2 Å². The molecule has 3 heterocycles. The van der Waals surface area contributed by atoms with E-state index in [1.54, 1.807) is 17.8 Å². The van der Waals surface area contributed by atoms with Crippen molar-refractivity contribution in [2.75, 3.05) is 20.1 Å². The van der Waals surface area contributed by atoms with Crippen LogP contribution in [0.2, 0.25) is 0 Å². The van der Waals surface area contributed by atoms with E-state index in [4.69, 9.17) is 0 Å². The lowest BCUT2D eigenvalue weighted by molar-refractivity contribution is -0.534. The SMILES string of the molecule is C=CCN1C(=O)C2C(=NC(n3nc(CC)cc3CC)=[N+]2CC)N(C)C1=O. The Hall–Kier alpha value is -2.77. The minimum absolute atomic E-state index is 0.181. The van der Waals surface area contributed by atoms with Gasteiger partial charge in [0.2, 0.25) is 11.9 Å². The molecular formula is C18H25N6O2+. The van der Waals surface area contributed by atoms with Crippen LogP contribution in [0.4, 0.5) is 4.79 Å². The van der Waals surface area contributed by atoms with Gasteiger partial charge in [0.05, 0.1) is 12.2 Å². The average molecular weight is 357 g/mol. The van der Waals surface area contributed by atoms with Gasteiger partial charge in [0.15, 0.2) is 0 Å². The number of nitrogens with zero attached hydrogens (tertiary/aromatic N) is 6. The molecule has 0 N–H and O–H groups in total. The lowest BCUT2D eigenvalue weighted by Crippen LogP contribution is -2.62. The van der Waals surface area contributed by atoms with Crippen LogP contribution >= 0.6 is 0 Å². The molecule has 0 radical (unpaired) electrons. The number of hydrogen-bond donors (Lipinski definition) is 0. The molecule has 1 atom stereocenters. The third-order valence-electron chi connectivity index (χ3n) is 4.79. The smallest absolute Gasteiger partial charge is 0.270 e. The van der Waals surface area contributed by atoms with E-state index in [9.17, 15) is 9.59 Å². The molecule has 26 heavy (non-hydrogen) atoms. The second kappa shape index (κ2) is 6.86. The Morgan fingerprint density at radius 2 is 2.00 bits per heavy atom. The summed E-state index contributed by atoms with van der Waals surface area (Å²) in [5.41, 5.74) is 2.01. The van der Waals surface area contributed by atoms with Crippen molar-refractivity contribution >= 4 is 23.7 Å². The Morgan fingerprint density at radius 3 is 2.58 bits per heavy atom. The van der Waals surface area contributed by atoms with Crippen molar-refractivity contribution in [1.29, 1.82) is 0 Å². The highest BCUT2D eigenvalue weighted by Crippen LogP contribution is 2.21. The highest BCUT2D eigenvalue weighted by Gasteiger charge is 2.52. The van der Waals surface area contributed by atoms with E-state index < -0.39 is 6.04 Å². The largest absolute Gasteiger partial charge is 0.421 e. The Kier molecular flexibility index (Phi) is 4.76. The third-order valence-corrected chi connectivity index (χ3v) is 4.79. The molecule has 8 nitrogen and oxygen atoms in total. The van der Waals surface area contributed by atoms with Crippen molar-refractivity contribution < 1.29 is 14.2 Å². The second-order valence-corrected chi connectivity index (χ2v) is 6.28. The van der Waals surface area contributed by atoms with Crippen molar-refractivity contribution in [3.05, 3.63) is 30.1 Å². The van der Waals surface area contributed by atoms with Gasteiger partial charge in [-0.1, -0.05) is 24.9 Å². The molecule has 8 heteroatoms. The van der Waals surface area contributed by atoms with Gasteiger partial charge in [-0.3, -0.25) is 14.6 Å². The first kappa shape index (κ1) is 18.0. The van der Waals surface area contributed by atoms with Crippen molar-refractivity contribution in [1.82, 2.24) is 19.6 Å². The van der Waals surface area contributed by atoms with E-state index in [1.807, 2.05) is 11.5 Å². The highest BCUT2D eigenvalue weighted by molar-refractivity contribution is 6.23. The molecule has 0 spiro atoms. The van der Waals surface area contributed by atoms with Crippen LogP contribution in [0.25, 0.3) is 0 Å². The summed E-state index contributed by atoms with van der Waals surface area (Å²) in [4.78, 5) is 32.8. The third kappa shape index (κ3) is 2.56. The molecule has 3 rings (SSSR count). The fraction of sp³-hybridized carbons (Fsp3) is 0.500. The zero-order valence-electron chi connectivity index (χ0n) is 15.8. The maximum Gasteiger partial charge on any atom is 0.421 e. The lowest BCUT2D eigenvalue weighted by Gasteiger charge is -2.33. The van der Waals surface area contributed by atoms with E-state index in [1.165, 1.54) is 9.80 Å². The quantitative estimate of drug-likeness (QED) is 0.585. The number of carbonyl (C=O) groups excluding carboxylic acids is 2. The van der Waals surface area contributed by atoms with E-state index in [-0.39, 0.29) is 18.5 Å². The molecular weight excluding hydrogens is 332 g/mol. The zero-order chi connectivity index (χ0) is 19.0. The summed E-state index contributed by atoms with van der Waals surface area (Å²) in [6.07, 6.45) is 3.18. The fourth-order valence-corrected chi connectivity index (χ4v) is 3.37. The molecule has 1 aromatic rings. The first-order valence-electron chi connectivity index (χ1n) is 8.98. The van der Waals surface area contributed by atoms with Gasteiger partial charge in [0, 0.05) is 20.0 Å². The fourth-order valence-electron chi connectivity index (χ4n) is 3.37. The van der Waals surface area contributed by atoms with Gasteiger partial charge >= 0.3 is 12.0 Å². The van der Waals surface area contributed by atoms with Crippen LogP contribution in [0.1, 0.15) is 32.2 Å². The predicted molar refractivity (Wildman–Crippen MR) is 98.5 cm³/mol. The second-order valence-electron chi connectivity index (χ2n) is 6.28. The number of imide groups is 1. The van der Waals surface area contributed by atoms with E-state index in [2.05, 4.69) is 36.6 Å². The number of aliphatic imine (C=N–C) groups is 1. The number of amidine groups is 1. The van der Waals surface area contributed by atoms with Crippen LogP contribution < -0.4 is 0 Å². The minimum Gasteiger partial charge on any atom is -0.270 e. The number of urea groups is 1. The minimum atomic E-state index is -0.614. The zero-order valence-corrected chi connectivity index (χ0v) is 15.8. The van der Waals surface area contributed by atoms with Crippen LogP contribution in [0.5, 0.6) is 0 Å². The Morgan fingerprint density at radius 1 is 1.27 bits per heavy atom. The molecule has 138 valence electrons. The summed E-state index contributed by atoms with van der Waals surface area (Å²) in [6.45, 7) is 10.5. The number of carbonyl (C=O) groups is 2. The number of likely N-dealkylation sites (N-methyl/N-ethyl adjacent to an activating group) is 2. The van der Waals surface area contributed by atoms with Crippen molar-refractivity contribution in [3.63, 3.8) is 0 Å². The molecule has 1 fully saturated rings. The first-order valence-corrected chi connectivity index (χ1v) is 8.98. The summed E-state index contributed by atoms with van der Waals surface area (Å²) in [6, 6.07) is 1.06. The number of aryl methyl sites for hydroxylation is 2. The molecule has 1 aromatic heterocycles. The van der Waals surface area contributed by atoms with Gasteiger partial charge in [-0.15, -0.1) is 16.4 Å². The first-order chi connectivity index (χ1) is 12.5. The van der Waals surface area contributed by atoms with E-state index >= 15 is 0 Å². The molecule has 0 aliphatic carbocycles. The van der Waals surface area contributed by atoms with Gasteiger partial charge in [-0.05, 0) is 19.4 Å². The highest BCUT2D eigenvalue weighted by atomic mass is 16.2. The van der Waals surface area contributed by atoms with Gasteiger partial charge in [-0.25, -0.2) is 9.37 Å². The van der Waals surface area contributed by atoms with Gasteiger partial charge in [0.1, 0.15) is 5.69 Å². The summed E-state index contributed by atoms with van der Waals surface area (Å²) in [5, 5.41) is 4.65. The normalized spacial score (nSPS) is 20.0. The monoisotopic (exact) mass is 357 g/mol. The number of fused-ring (bicyclic) bond motifs is 1. The molecule has 1 unspecified atom stereocenters. The van der Waals surface area contributed by atoms with Crippen LogP contribution in [0, 0.1) is 0 Å². The predicted octanol–water partition coefficient (Wildman–Crippen LogP) is 1.11. The lowest BCUT2D eigenvalue weighted by atomic mass is 10.1. The Bertz CT molecular complexity index is 835. The Balaban J connectivity index is 2.14. The number of aromatic nitrogens is 2. The molecule has 2 aliphatic heterocycles.